The molecular weight excluding hydrogens is 517 g/mol. The molecule has 2 N–H and O–H groups in total. The maximum Gasteiger partial charge on any atom is 0.406 e. The van der Waals surface area contributed by atoms with E-state index in [1.54, 1.807) is 51.4 Å². The Kier molecular flexibility index (Phi) is 9.24. The summed E-state index contributed by atoms with van der Waals surface area (Å²) in [6.07, 6.45) is -0.864. The van der Waals surface area contributed by atoms with Crippen molar-refractivity contribution in [2.24, 2.45) is 0 Å². The summed E-state index contributed by atoms with van der Waals surface area (Å²) in [5.74, 6) is 5.89. The van der Waals surface area contributed by atoms with Gasteiger partial charge >= 0.3 is 6.18 Å². The summed E-state index contributed by atoms with van der Waals surface area (Å²) >= 11 is 0. The minimum absolute atomic E-state index is 0.225. The number of nitrogens with zero attached hydrogens (tertiary/aromatic N) is 4. The van der Waals surface area contributed by atoms with Gasteiger partial charge in [0.05, 0.1) is 53.4 Å². The molecule has 0 bridgehead atoms. The van der Waals surface area contributed by atoms with Crippen LogP contribution in [0.5, 0.6) is 0 Å². The Hall–Kier alpha value is -3.73. The number of alkyl halides is 3. The molecule has 7 nitrogen and oxygen atoms in total. The number of benzene rings is 1. The van der Waals surface area contributed by atoms with Gasteiger partial charge in [-0.05, 0) is 62.9 Å². The number of nitrogens with one attached hydrogen (secondary N) is 2. The molecule has 4 rings (SSSR count). The zero-order valence-corrected chi connectivity index (χ0v) is 23.1. The average molecular weight is 553 g/mol. The number of hydrogen-bond acceptors (Lipinski definition) is 6. The van der Waals surface area contributed by atoms with Gasteiger partial charge in [-0.25, -0.2) is 0 Å². The lowest BCUT2D eigenvalue weighted by molar-refractivity contribution is -0.140. The Morgan fingerprint density at radius 3 is 2.58 bits per heavy atom. The topological polar surface area (TPSA) is 78.1 Å². The molecule has 2 aromatic heterocycles. The third kappa shape index (κ3) is 7.47. The molecule has 0 unspecified atom stereocenters. The van der Waals surface area contributed by atoms with Crippen LogP contribution in [0.3, 0.4) is 0 Å². The van der Waals surface area contributed by atoms with Gasteiger partial charge in [-0.1, -0.05) is 12.0 Å². The SMILES string of the molecule is COCCN1CCC(Nc2cccc3c2cc(C#CCNc2ccc(C(C)(C)C#N)nc2)n3CC(F)(F)F)CC1. The second-order valence-corrected chi connectivity index (χ2v) is 10.5. The van der Waals surface area contributed by atoms with Crippen molar-refractivity contribution in [3.63, 3.8) is 0 Å². The molecule has 0 atom stereocenters. The number of aromatic nitrogens is 2. The lowest BCUT2D eigenvalue weighted by Crippen LogP contribution is -2.40. The average Bonchev–Trinajstić information content (AvgIpc) is 3.27. The van der Waals surface area contributed by atoms with Crippen molar-refractivity contribution >= 4 is 22.3 Å². The molecule has 0 amide bonds. The first-order valence-electron chi connectivity index (χ1n) is 13.4. The van der Waals surface area contributed by atoms with E-state index in [4.69, 9.17) is 4.74 Å². The van der Waals surface area contributed by atoms with E-state index in [-0.39, 0.29) is 12.6 Å². The van der Waals surface area contributed by atoms with E-state index >= 15 is 0 Å². The highest BCUT2D eigenvalue weighted by molar-refractivity contribution is 5.94. The van der Waals surface area contributed by atoms with Crippen LogP contribution in [-0.4, -0.2) is 66.6 Å². The predicted octanol–water partition coefficient (Wildman–Crippen LogP) is 5.39. The number of nitriles is 1. The summed E-state index contributed by atoms with van der Waals surface area (Å²) < 4.78 is 47.0. The second-order valence-electron chi connectivity index (χ2n) is 10.5. The highest BCUT2D eigenvalue weighted by Crippen LogP contribution is 2.31. The van der Waals surface area contributed by atoms with Gasteiger partial charge in [-0.3, -0.25) is 4.98 Å². The number of likely N-dealkylation sites (tertiary alicyclic amines) is 1. The number of anilines is 2. The maximum absolute atomic E-state index is 13.5. The Morgan fingerprint density at radius 1 is 1.15 bits per heavy atom. The normalized spacial score (nSPS) is 14.9. The van der Waals surface area contributed by atoms with Crippen LogP contribution >= 0.6 is 0 Å². The van der Waals surface area contributed by atoms with Gasteiger partial charge in [-0.2, -0.15) is 18.4 Å². The summed E-state index contributed by atoms with van der Waals surface area (Å²) in [5.41, 5.74) is 2.30. The first-order valence-corrected chi connectivity index (χ1v) is 13.4. The van der Waals surface area contributed by atoms with E-state index in [0.717, 1.165) is 43.5 Å². The molecule has 0 aliphatic carbocycles. The van der Waals surface area contributed by atoms with Gasteiger partial charge in [0.15, 0.2) is 0 Å². The van der Waals surface area contributed by atoms with Gasteiger partial charge in [0.25, 0.3) is 0 Å². The van der Waals surface area contributed by atoms with Crippen LogP contribution in [0.25, 0.3) is 10.9 Å². The highest BCUT2D eigenvalue weighted by atomic mass is 19.4. The predicted molar refractivity (Wildman–Crippen MR) is 151 cm³/mol. The number of pyridine rings is 1. The molecule has 1 aliphatic heterocycles. The molecule has 40 heavy (non-hydrogen) atoms. The fourth-order valence-electron chi connectivity index (χ4n) is 4.81. The Bertz CT molecular complexity index is 1390. The summed E-state index contributed by atoms with van der Waals surface area (Å²) in [6.45, 7) is 6.20. The maximum atomic E-state index is 13.5. The molecule has 3 aromatic rings. The van der Waals surface area contributed by atoms with E-state index < -0.39 is 18.1 Å². The van der Waals surface area contributed by atoms with Crippen LogP contribution in [0.2, 0.25) is 0 Å². The van der Waals surface area contributed by atoms with Crippen LogP contribution < -0.4 is 10.6 Å². The molecule has 1 aromatic carbocycles. The largest absolute Gasteiger partial charge is 0.406 e. The summed E-state index contributed by atoms with van der Waals surface area (Å²) in [5, 5.41) is 16.7. The van der Waals surface area contributed by atoms with Crippen LogP contribution in [0.4, 0.5) is 24.5 Å². The Labute approximate surface area is 233 Å². The minimum atomic E-state index is -4.39. The minimum Gasteiger partial charge on any atom is -0.383 e. The van der Waals surface area contributed by atoms with Gasteiger partial charge in [0.2, 0.25) is 0 Å². The number of fused-ring (bicyclic) bond motifs is 1. The van der Waals surface area contributed by atoms with E-state index in [9.17, 15) is 18.4 Å². The van der Waals surface area contributed by atoms with E-state index in [2.05, 4.69) is 38.4 Å². The molecule has 1 saturated heterocycles. The first-order chi connectivity index (χ1) is 19.1. The number of methoxy groups -OCH3 is 1. The van der Waals surface area contributed by atoms with Crippen molar-refractivity contribution in [2.75, 3.05) is 50.5 Å². The van der Waals surface area contributed by atoms with Crippen molar-refractivity contribution in [3.8, 4) is 17.9 Å². The first kappa shape index (κ1) is 29.3. The molecule has 0 saturated carbocycles. The standard InChI is InChI=1S/C30H35F3N6O/c1-29(2,20-34)28-10-9-23(19-36-28)35-13-5-6-24-18-25-26(7-4-8-27(25)39(24)21-30(31,32)33)37-22-11-14-38(15-12-22)16-17-40-3/h4,7-10,18-19,22,35,37H,11-17,21H2,1-3H3. The molecule has 10 heteroatoms. The number of piperidine rings is 1. The zero-order valence-electron chi connectivity index (χ0n) is 23.1. The highest BCUT2D eigenvalue weighted by Gasteiger charge is 2.30. The number of rotatable bonds is 9. The Balaban J connectivity index is 1.50. The molecule has 1 fully saturated rings. The molecule has 212 valence electrons. The van der Waals surface area contributed by atoms with Crippen molar-refractivity contribution < 1.29 is 17.9 Å². The molecule has 0 spiro atoms. The van der Waals surface area contributed by atoms with Crippen LogP contribution in [0.1, 0.15) is 38.1 Å². The third-order valence-electron chi connectivity index (χ3n) is 7.12. The Morgan fingerprint density at radius 2 is 1.93 bits per heavy atom. The second kappa shape index (κ2) is 12.6. The van der Waals surface area contributed by atoms with Crippen molar-refractivity contribution in [1.29, 1.82) is 5.26 Å². The van der Waals surface area contributed by atoms with E-state index in [0.29, 0.717) is 29.2 Å². The van der Waals surface area contributed by atoms with E-state index in [1.165, 1.54) is 4.57 Å². The number of hydrogen-bond donors (Lipinski definition) is 2. The van der Waals surface area contributed by atoms with Crippen molar-refractivity contribution in [1.82, 2.24) is 14.5 Å². The molecule has 1 aliphatic rings. The lowest BCUT2D eigenvalue weighted by Gasteiger charge is -2.32. The van der Waals surface area contributed by atoms with Crippen LogP contribution in [-0.2, 0) is 16.7 Å². The third-order valence-corrected chi connectivity index (χ3v) is 7.12. The fraction of sp³-hybridized carbons (Fsp3) is 0.467. The smallest absolute Gasteiger partial charge is 0.383 e. The molecule has 0 radical (unpaired) electrons. The fourth-order valence-corrected chi connectivity index (χ4v) is 4.81. The van der Waals surface area contributed by atoms with Crippen molar-refractivity contribution in [3.05, 3.63) is 54.0 Å². The monoisotopic (exact) mass is 552 g/mol. The summed E-state index contributed by atoms with van der Waals surface area (Å²) in [6, 6.07) is 13.2. The van der Waals surface area contributed by atoms with Crippen molar-refractivity contribution in [2.45, 2.75) is 50.9 Å². The summed E-state index contributed by atoms with van der Waals surface area (Å²) in [4.78, 5) is 6.70. The van der Waals surface area contributed by atoms with Gasteiger partial charge < -0.3 is 24.8 Å². The van der Waals surface area contributed by atoms with E-state index in [1.807, 2.05) is 12.1 Å². The summed E-state index contributed by atoms with van der Waals surface area (Å²) in [7, 11) is 1.70. The molecule has 3 heterocycles. The van der Waals surface area contributed by atoms with Crippen LogP contribution in [0, 0.1) is 23.2 Å². The quantitative estimate of drug-likeness (QED) is 0.347. The molecular formula is C30H35F3N6O. The van der Waals surface area contributed by atoms with Gasteiger partial charge in [0.1, 0.15) is 6.54 Å². The zero-order chi connectivity index (χ0) is 28.8. The van der Waals surface area contributed by atoms with Gasteiger partial charge in [0, 0.05) is 43.9 Å². The number of halogens is 3. The lowest BCUT2D eigenvalue weighted by atomic mass is 9.91. The van der Waals surface area contributed by atoms with Crippen LogP contribution in [0.15, 0.2) is 42.6 Å². The number of ether oxygens (including phenoxy) is 1. The van der Waals surface area contributed by atoms with Gasteiger partial charge in [-0.15, -0.1) is 0 Å².